The summed E-state index contributed by atoms with van der Waals surface area (Å²) in [5.74, 6) is -0.209. The molecule has 0 fully saturated rings. The molecule has 0 atom stereocenters. The lowest BCUT2D eigenvalue weighted by molar-refractivity contribution is 0.0945. The highest BCUT2D eigenvalue weighted by Gasteiger charge is 2.08. The molecule has 1 N–H and O–H groups in total. The van der Waals surface area contributed by atoms with E-state index < -0.39 is 0 Å². The number of rotatable bonds is 4. The summed E-state index contributed by atoms with van der Waals surface area (Å²) in [6.07, 6.45) is 2.86. The van der Waals surface area contributed by atoms with E-state index in [4.69, 9.17) is 0 Å². The average molecular weight is 298 g/mol. The Labute approximate surface area is 124 Å². The van der Waals surface area contributed by atoms with Crippen LogP contribution >= 0.6 is 0 Å². The lowest BCUT2D eigenvalue weighted by Crippen LogP contribution is -2.24. The summed E-state index contributed by atoms with van der Waals surface area (Å²) in [5.41, 5.74) is 0.980. The first-order valence-corrected chi connectivity index (χ1v) is 6.44. The molecule has 0 aliphatic carbocycles. The van der Waals surface area contributed by atoms with Crippen LogP contribution in [0.25, 0.3) is 5.82 Å². The van der Waals surface area contributed by atoms with E-state index in [1.807, 2.05) is 0 Å². The zero-order valence-corrected chi connectivity index (χ0v) is 11.3. The molecule has 0 saturated carbocycles. The molecule has 0 unspecified atom stereocenters. The van der Waals surface area contributed by atoms with E-state index in [0.29, 0.717) is 5.82 Å². The second-order valence-electron chi connectivity index (χ2n) is 4.43. The Morgan fingerprint density at radius 3 is 2.59 bits per heavy atom. The number of carbonyl (C=O) groups excluding carboxylic acids is 1. The number of nitrogens with zero attached hydrogens (tertiary/aromatic N) is 5. The van der Waals surface area contributed by atoms with Crippen molar-refractivity contribution < 1.29 is 9.18 Å². The van der Waals surface area contributed by atoms with Crippen molar-refractivity contribution in [3.63, 3.8) is 0 Å². The van der Waals surface area contributed by atoms with Crippen molar-refractivity contribution in [2.45, 2.75) is 6.54 Å². The number of carbonyl (C=O) groups is 1. The fraction of sp³-hybridized carbons (Fsp3) is 0.0714. The summed E-state index contributed by atoms with van der Waals surface area (Å²) < 4.78 is 14.2. The molecule has 3 aromatic rings. The first-order valence-electron chi connectivity index (χ1n) is 6.44. The fourth-order valence-corrected chi connectivity index (χ4v) is 1.77. The van der Waals surface area contributed by atoms with Crippen LogP contribution in [-0.4, -0.2) is 30.9 Å². The quantitative estimate of drug-likeness (QED) is 0.780. The number of amides is 1. The minimum absolute atomic E-state index is 0.186. The summed E-state index contributed by atoms with van der Waals surface area (Å²) >= 11 is 0. The summed E-state index contributed by atoms with van der Waals surface area (Å²) in [4.78, 5) is 15.8. The van der Waals surface area contributed by atoms with Crippen LogP contribution in [0.5, 0.6) is 0 Å². The minimum atomic E-state index is -0.359. The molecule has 1 amide bonds. The largest absolute Gasteiger partial charge is 0.347 e. The lowest BCUT2D eigenvalue weighted by atomic mass is 10.2. The fourth-order valence-electron chi connectivity index (χ4n) is 1.77. The van der Waals surface area contributed by atoms with E-state index in [-0.39, 0.29) is 24.0 Å². The zero-order valence-electron chi connectivity index (χ0n) is 11.3. The molecule has 0 radical (unpaired) electrons. The SMILES string of the molecule is O=C(NCc1ccc(F)cc1)c1ccc(-n2cncn2)nn1. The van der Waals surface area contributed by atoms with Crippen LogP contribution in [0.2, 0.25) is 0 Å². The van der Waals surface area contributed by atoms with Crippen LogP contribution in [-0.2, 0) is 6.54 Å². The summed E-state index contributed by atoms with van der Waals surface area (Å²) in [6.45, 7) is 0.283. The van der Waals surface area contributed by atoms with Gasteiger partial charge >= 0.3 is 0 Å². The Hall–Kier alpha value is -3.16. The van der Waals surface area contributed by atoms with E-state index >= 15 is 0 Å². The van der Waals surface area contributed by atoms with Crippen molar-refractivity contribution >= 4 is 5.91 Å². The second kappa shape index (κ2) is 6.08. The van der Waals surface area contributed by atoms with E-state index in [0.717, 1.165) is 5.56 Å². The van der Waals surface area contributed by atoms with Crippen LogP contribution in [0.15, 0.2) is 49.1 Å². The van der Waals surface area contributed by atoms with E-state index in [1.54, 1.807) is 24.3 Å². The number of benzene rings is 1. The molecule has 0 spiro atoms. The average Bonchev–Trinajstić information content (AvgIpc) is 3.09. The van der Waals surface area contributed by atoms with Crippen molar-refractivity contribution in [1.82, 2.24) is 30.3 Å². The molecule has 22 heavy (non-hydrogen) atoms. The van der Waals surface area contributed by atoms with E-state index in [9.17, 15) is 9.18 Å². The number of nitrogens with one attached hydrogen (secondary N) is 1. The Balaban J connectivity index is 1.63. The highest BCUT2D eigenvalue weighted by molar-refractivity contribution is 5.92. The standard InChI is InChI=1S/C14H11FN6O/c15-11-3-1-10(2-4-11)7-17-14(22)12-5-6-13(20-19-12)21-9-16-8-18-21/h1-6,8-9H,7H2,(H,17,22). The minimum Gasteiger partial charge on any atom is -0.347 e. The van der Waals surface area contributed by atoms with Crippen molar-refractivity contribution in [1.29, 1.82) is 0 Å². The van der Waals surface area contributed by atoms with Crippen LogP contribution in [0.4, 0.5) is 4.39 Å². The molecule has 0 aliphatic heterocycles. The lowest BCUT2D eigenvalue weighted by Gasteiger charge is -2.05. The van der Waals surface area contributed by atoms with Gasteiger partial charge < -0.3 is 5.32 Å². The number of halogens is 1. The topological polar surface area (TPSA) is 85.6 Å². The number of hydrogen-bond acceptors (Lipinski definition) is 5. The van der Waals surface area contributed by atoms with Crippen molar-refractivity contribution in [2.24, 2.45) is 0 Å². The molecule has 8 heteroatoms. The Kier molecular flexibility index (Phi) is 3.82. The van der Waals surface area contributed by atoms with E-state index in [1.165, 1.54) is 29.5 Å². The van der Waals surface area contributed by atoms with Crippen LogP contribution in [0.3, 0.4) is 0 Å². The zero-order chi connectivity index (χ0) is 15.4. The van der Waals surface area contributed by atoms with Gasteiger partial charge in [0, 0.05) is 6.54 Å². The molecular weight excluding hydrogens is 287 g/mol. The molecule has 0 aliphatic rings. The van der Waals surface area contributed by atoms with Crippen molar-refractivity contribution in [3.8, 4) is 5.82 Å². The maximum absolute atomic E-state index is 12.8. The highest BCUT2D eigenvalue weighted by atomic mass is 19.1. The number of hydrogen-bond donors (Lipinski definition) is 1. The van der Waals surface area contributed by atoms with Crippen LogP contribution in [0.1, 0.15) is 16.1 Å². The molecular formula is C14H11FN6O. The third-order valence-electron chi connectivity index (χ3n) is 2.90. The number of aromatic nitrogens is 5. The molecule has 1 aromatic carbocycles. The van der Waals surface area contributed by atoms with Gasteiger partial charge in [-0.15, -0.1) is 10.2 Å². The van der Waals surface area contributed by atoms with Gasteiger partial charge in [-0.2, -0.15) is 5.10 Å². The van der Waals surface area contributed by atoms with Gasteiger partial charge in [0.25, 0.3) is 5.91 Å². The second-order valence-corrected chi connectivity index (χ2v) is 4.43. The Morgan fingerprint density at radius 1 is 1.14 bits per heavy atom. The van der Waals surface area contributed by atoms with Gasteiger partial charge in [-0.1, -0.05) is 12.1 Å². The van der Waals surface area contributed by atoms with Gasteiger partial charge in [0.15, 0.2) is 11.5 Å². The molecule has 2 aromatic heterocycles. The normalized spacial score (nSPS) is 10.4. The maximum atomic E-state index is 12.8. The van der Waals surface area contributed by atoms with Gasteiger partial charge in [0.2, 0.25) is 0 Å². The molecule has 2 heterocycles. The molecule has 0 bridgehead atoms. The third-order valence-corrected chi connectivity index (χ3v) is 2.90. The first kappa shape index (κ1) is 13.8. The predicted octanol–water partition coefficient (Wildman–Crippen LogP) is 1.13. The molecule has 3 rings (SSSR count). The van der Waals surface area contributed by atoms with Crippen molar-refractivity contribution in [2.75, 3.05) is 0 Å². The molecule has 110 valence electrons. The molecule has 7 nitrogen and oxygen atoms in total. The maximum Gasteiger partial charge on any atom is 0.272 e. The summed E-state index contributed by atoms with van der Waals surface area (Å²) in [6, 6.07) is 9.06. The van der Waals surface area contributed by atoms with Crippen molar-refractivity contribution in [3.05, 3.63) is 66.1 Å². The predicted molar refractivity (Wildman–Crippen MR) is 74.5 cm³/mol. The molecule has 0 saturated heterocycles. The smallest absolute Gasteiger partial charge is 0.272 e. The first-order chi connectivity index (χ1) is 10.7. The van der Waals surface area contributed by atoms with Gasteiger partial charge in [-0.05, 0) is 29.8 Å². The van der Waals surface area contributed by atoms with Gasteiger partial charge in [-0.3, -0.25) is 4.79 Å². The Bertz CT molecular complexity index is 755. The van der Waals surface area contributed by atoms with Crippen LogP contribution in [0, 0.1) is 5.82 Å². The summed E-state index contributed by atoms with van der Waals surface area (Å²) in [7, 11) is 0. The van der Waals surface area contributed by atoms with Gasteiger partial charge in [0.05, 0.1) is 0 Å². The van der Waals surface area contributed by atoms with E-state index in [2.05, 4.69) is 25.6 Å². The van der Waals surface area contributed by atoms with Gasteiger partial charge in [-0.25, -0.2) is 14.1 Å². The summed E-state index contributed by atoms with van der Waals surface area (Å²) in [5, 5.41) is 14.4. The third kappa shape index (κ3) is 3.11. The highest BCUT2D eigenvalue weighted by Crippen LogP contribution is 2.04. The van der Waals surface area contributed by atoms with Crippen LogP contribution < -0.4 is 5.32 Å². The monoisotopic (exact) mass is 298 g/mol. The van der Waals surface area contributed by atoms with Gasteiger partial charge in [0.1, 0.15) is 18.5 Å². The Morgan fingerprint density at radius 2 is 1.95 bits per heavy atom.